The van der Waals surface area contributed by atoms with Crippen molar-refractivity contribution in [2.45, 2.75) is 63.0 Å². The molecule has 9 rings (SSSR count). The van der Waals surface area contributed by atoms with Crippen LogP contribution in [0.5, 0.6) is 0 Å². The quantitative estimate of drug-likeness (QED) is 0.128. The number of piperidine rings is 1. The molecule has 7 heterocycles. The van der Waals surface area contributed by atoms with Crippen molar-refractivity contribution in [1.82, 2.24) is 48.6 Å². The molecule has 5 aromatic rings. The molecule has 1 saturated carbocycles. The third-order valence-corrected chi connectivity index (χ3v) is 12.3. The molecule has 0 spiro atoms. The van der Waals surface area contributed by atoms with Crippen LogP contribution in [0.2, 0.25) is 0 Å². The van der Waals surface area contributed by atoms with Gasteiger partial charge in [-0.3, -0.25) is 38.4 Å². The van der Waals surface area contributed by atoms with Crippen LogP contribution >= 0.6 is 0 Å². The lowest BCUT2D eigenvalue weighted by Crippen LogP contribution is -2.56. The summed E-state index contributed by atoms with van der Waals surface area (Å²) in [7, 11) is 1.66. The lowest BCUT2D eigenvalue weighted by atomic mass is 9.85. The van der Waals surface area contributed by atoms with Crippen molar-refractivity contribution in [3.63, 3.8) is 0 Å². The van der Waals surface area contributed by atoms with E-state index in [0.29, 0.717) is 29.1 Å². The van der Waals surface area contributed by atoms with E-state index in [2.05, 4.69) is 47.5 Å². The van der Waals surface area contributed by atoms with Gasteiger partial charge < -0.3 is 15.1 Å². The van der Waals surface area contributed by atoms with E-state index < -0.39 is 49.0 Å². The summed E-state index contributed by atoms with van der Waals surface area (Å²) >= 11 is 0. The predicted molar refractivity (Wildman–Crippen MR) is 215 cm³/mol. The molecule has 1 aromatic carbocycles. The van der Waals surface area contributed by atoms with Crippen LogP contribution in [0.4, 0.5) is 29.1 Å². The van der Waals surface area contributed by atoms with Crippen LogP contribution in [0, 0.1) is 17.8 Å². The average Bonchev–Trinajstić information content (AvgIpc) is 3.92. The Kier molecular flexibility index (Phi) is 10.6. The molecule has 4 aliphatic rings. The molecule has 320 valence electrons. The first-order chi connectivity index (χ1) is 29.3. The van der Waals surface area contributed by atoms with Gasteiger partial charge in [0.2, 0.25) is 11.8 Å². The molecule has 20 heteroatoms. The third-order valence-electron chi connectivity index (χ3n) is 12.3. The Morgan fingerprint density at radius 3 is 2.49 bits per heavy atom. The zero-order chi connectivity index (χ0) is 42.6. The van der Waals surface area contributed by atoms with Crippen LogP contribution in [0.3, 0.4) is 0 Å². The molecule has 3 amide bonds. The second-order valence-electron chi connectivity index (χ2n) is 16.4. The SMILES string of the molecule is Cn1c(=O)n(C2CCC(=O)NC2=O)c2cccc(C#CCN3CCN(C[C@H]4CC[C@H](n5cc(NC(=O)c6cnn7ccc(N8CC(F)(F)C8)nc67)c(C(F)F)n5)CC4)CC3)c21. The van der Waals surface area contributed by atoms with Gasteiger partial charge in [-0.05, 0) is 56.2 Å². The number of aryl methyl sites for hydroxylation is 1. The maximum atomic E-state index is 14.2. The zero-order valence-electron chi connectivity index (χ0n) is 33.4. The summed E-state index contributed by atoms with van der Waals surface area (Å²) in [6.07, 6.45) is 5.04. The molecule has 1 unspecified atom stereocenters. The molecule has 1 aliphatic carbocycles. The molecule has 0 radical (unpaired) electrons. The number of fused-ring (bicyclic) bond motifs is 2. The third kappa shape index (κ3) is 7.99. The Morgan fingerprint density at radius 1 is 1.02 bits per heavy atom. The number of hydrogen-bond acceptors (Lipinski definition) is 10. The van der Waals surface area contributed by atoms with Crippen LogP contribution in [-0.4, -0.2) is 119 Å². The number of rotatable bonds is 9. The van der Waals surface area contributed by atoms with Crippen LogP contribution in [0.25, 0.3) is 16.7 Å². The van der Waals surface area contributed by atoms with Crippen LogP contribution < -0.4 is 21.2 Å². The number of nitrogens with zero attached hydrogens (tertiary/aromatic N) is 10. The Bertz CT molecular complexity index is 2630. The fourth-order valence-corrected chi connectivity index (χ4v) is 9.01. The summed E-state index contributed by atoms with van der Waals surface area (Å²) in [5, 5.41) is 13.2. The summed E-state index contributed by atoms with van der Waals surface area (Å²) in [6.45, 7) is 3.99. The highest BCUT2D eigenvalue weighted by molar-refractivity contribution is 6.08. The van der Waals surface area contributed by atoms with Gasteiger partial charge in [-0.1, -0.05) is 17.9 Å². The molecular weight excluding hydrogens is 801 g/mol. The Morgan fingerprint density at radius 2 is 1.77 bits per heavy atom. The molecular formula is C41H44F4N12O4. The monoisotopic (exact) mass is 844 g/mol. The highest BCUT2D eigenvalue weighted by Gasteiger charge is 2.44. The number of amides is 3. The van der Waals surface area contributed by atoms with Crippen LogP contribution in [-0.2, 0) is 16.6 Å². The van der Waals surface area contributed by atoms with E-state index in [-0.39, 0.29) is 53.2 Å². The first kappa shape index (κ1) is 40.3. The highest BCUT2D eigenvalue weighted by Crippen LogP contribution is 2.36. The number of anilines is 2. The molecule has 16 nitrogen and oxygen atoms in total. The number of imidazole rings is 1. The number of benzene rings is 1. The number of hydrogen-bond donors (Lipinski definition) is 2. The summed E-state index contributed by atoms with van der Waals surface area (Å²) in [4.78, 5) is 61.4. The maximum Gasteiger partial charge on any atom is 0.329 e. The van der Waals surface area contributed by atoms with E-state index in [9.17, 15) is 36.7 Å². The smallest absolute Gasteiger partial charge is 0.329 e. The van der Waals surface area contributed by atoms with Gasteiger partial charge in [-0.15, -0.1) is 0 Å². The normalized spacial score (nSPS) is 22.3. The first-order valence-corrected chi connectivity index (χ1v) is 20.4. The lowest BCUT2D eigenvalue weighted by Gasteiger charge is -2.39. The predicted octanol–water partition coefficient (Wildman–Crippen LogP) is 3.60. The highest BCUT2D eigenvalue weighted by atomic mass is 19.3. The standard InChI is InChI=1S/C41H44F4N12O4/c1-51-35-26(4-2-6-30(35)57(40(51)61)31-11-12-33(58)49-39(31)60)5-3-14-52-16-18-53(19-17-52)21-25-7-9-27(10-8-25)56-22-29(34(50-56)36(42)43)47-38(59)28-20-46-55-15-13-32(48-37(28)55)54-23-41(44,45)24-54/h2,4,6,13,15,20,22,25,27,31,36H,7-12,14,16-19,21,23-24H2,1H3,(H,47,59)(H,49,58,60)/t25-,27-,31?. The van der Waals surface area contributed by atoms with E-state index in [4.69, 9.17) is 0 Å². The Balaban J connectivity index is 0.767. The number of para-hydroxylation sites is 1. The van der Waals surface area contributed by atoms with Gasteiger partial charge in [-0.25, -0.2) is 31.9 Å². The molecule has 4 aromatic heterocycles. The fourth-order valence-electron chi connectivity index (χ4n) is 9.01. The lowest BCUT2D eigenvalue weighted by molar-refractivity contribution is -0.135. The largest absolute Gasteiger partial charge is 0.344 e. The minimum atomic E-state index is -2.93. The molecule has 1 atom stereocenters. The second-order valence-corrected chi connectivity index (χ2v) is 16.4. The van der Waals surface area contributed by atoms with E-state index in [1.807, 2.05) is 12.1 Å². The van der Waals surface area contributed by atoms with Gasteiger partial charge in [0.25, 0.3) is 18.3 Å². The average molecular weight is 845 g/mol. The van der Waals surface area contributed by atoms with Crippen molar-refractivity contribution in [3.8, 4) is 11.8 Å². The van der Waals surface area contributed by atoms with E-state index in [1.54, 1.807) is 13.1 Å². The van der Waals surface area contributed by atoms with Crippen molar-refractivity contribution in [3.05, 3.63) is 70.2 Å². The van der Waals surface area contributed by atoms with E-state index in [1.165, 1.54) is 47.9 Å². The van der Waals surface area contributed by atoms with Crippen molar-refractivity contribution < 1.29 is 31.9 Å². The summed E-state index contributed by atoms with van der Waals surface area (Å²) < 4.78 is 61.1. The zero-order valence-corrected chi connectivity index (χ0v) is 33.4. The first-order valence-electron chi connectivity index (χ1n) is 20.4. The molecule has 2 N–H and O–H groups in total. The molecule has 61 heavy (non-hydrogen) atoms. The fraction of sp³-hybridized carbons (Fsp3) is 0.488. The number of imide groups is 1. The van der Waals surface area contributed by atoms with Crippen molar-refractivity contribution >= 4 is 45.9 Å². The van der Waals surface area contributed by atoms with Gasteiger partial charge >= 0.3 is 5.69 Å². The van der Waals surface area contributed by atoms with Crippen molar-refractivity contribution in [1.29, 1.82) is 0 Å². The Hall–Kier alpha value is -6.07. The summed E-state index contributed by atoms with van der Waals surface area (Å²) in [6, 6.07) is 6.13. The van der Waals surface area contributed by atoms with Gasteiger partial charge in [0, 0.05) is 58.6 Å². The second kappa shape index (κ2) is 16.1. The number of carbonyl (C=O) groups excluding carboxylic acids is 3. The molecule has 3 aliphatic heterocycles. The number of piperazine rings is 1. The minimum absolute atomic E-state index is 0.0137. The van der Waals surface area contributed by atoms with Gasteiger partial charge in [0.15, 0.2) is 11.3 Å². The number of aromatic nitrogens is 7. The topological polar surface area (TPSA) is 160 Å². The number of nitrogens with one attached hydrogen (secondary N) is 2. The van der Waals surface area contributed by atoms with Gasteiger partial charge in [0.05, 0.1) is 54.2 Å². The Labute approximate surface area is 346 Å². The number of alkyl halides is 4. The van der Waals surface area contributed by atoms with Crippen LogP contribution in [0.1, 0.15) is 78.6 Å². The number of carbonyl (C=O) groups is 3. The van der Waals surface area contributed by atoms with E-state index in [0.717, 1.165) is 58.4 Å². The maximum absolute atomic E-state index is 14.2. The minimum Gasteiger partial charge on any atom is -0.344 e. The molecule has 4 fully saturated rings. The van der Waals surface area contributed by atoms with Crippen LogP contribution in [0.15, 0.2) is 47.7 Å². The molecule has 3 saturated heterocycles. The van der Waals surface area contributed by atoms with E-state index >= 15 is 0 Å². The summed E-state index contributed by atoms with van der Waals surface area (Å²) in [5.41, 5.74) is 1.10. The van der Waals surface area contributed by atoms with Crippen molar-refractivity contribution in [2.24, 2.45) is 13.0 Å². The van der Waals surface area contributed by atoms with Crippen molar-refractivity contribution in [2.75, 3.05) is 62.6 Å². The van der Waals surface area contributed by atoms with Gasteiger partial charge in [0.1, 0.15) is 17.4 Å². The van der Waals surface area contributed by atoms with Gasteiger partial charge in [-0.2, -0.15) is 10.2 Å². The number of halogens is 4. The summed E-state index contributed by atoms with van der Waals surface area (Å²) in [5.74, 6) is 2.90. The molecule has 0 bridgehead atoms.